The van der Waals surface area contributed by atoms with Crippen molar-refractivity contribution in [3.63, 3.8) is 0 Å². The third-order valence-corrected chi connectivity index (χ3v) is 12.5. The molecule has 1 saturated carbocycles. The Morgan fingerprint density at radius 3 is 2.35 bits per heavy atom. The van der Waals surface area contributed by atoms with E-state index in [2.05, 4.69) is 70.0 Å². The van der Waals surface area contributed by atoms with E-state index in [-0.39, 0.29) is 0 Å². The van der Waals surface area contributed by atoms with Crippen molar-refractivity contribution in [1.29, 1.82) is 0 Å². The van der Waals surface area contributed by atoms with Crippen LogP contribution in [0.4, 0.5) is 23.0 Å². The molecule has 2 fully saturated rings. The zero-order valence-corrected chi connectivity index (χ0v) is 37.9. The van der Waals surface area contributed by atoms with Gasteiger partial charge in [0.25, 0.3) is 0 Å². The molecule has 14 nitrogen and oxygen atoms in total. The Morgan fingerprint density at radius 1 is 0.903 bits per heavy atom. The first-order valence-electron chi connectivity index (χ1n) is 22.9. The summed E-state index contributed by atoms with van der Waals surface area (Å²) in [5, 5.41) is 6.34. The lowest BCUT2D eigenvalue weighted by Gasteiger charge is -2.32. The first-order chi connectivity index (χ1) is 30.3. The minimum Gasteiger partial charge on any atom is -0.481 e. The maximum Gasteiger partial charge on any atom is 0.229 e. The molecule has 2 aliphatic rings. The lowest BCUT2D eigenvalue weighted by Crippen LogP contribution is -2.33. The first kappa shape index (κ1) is 48.0. The van der Waals surface area contributed by atoms with E-state index in [4.69, 9.17) is 29.0 Å². The Hall–Kier alpha value is -5.08. The van der Waals surface area contributed by atoms with Crippen molar-refractivity contribution in [3.8, 4) is 5.88 Å². The molecule has 14 heteroatoms. The number of pyridine rings is 1. The van der Waals surface area contributed by atoms with Crippen molar-refractivity contribution in [1.82, 2.24) is 29.7 Å². The van der Waals surface area contributed by atoms with Crippen LogP contribution in [0.5, 0.6) is 5.88 Å². The summed E-state index contributed by atoms with van der Waals surface area (Å²) in [6.45, 7) is 9.56. The van der Waals surface area contributed by atoms with E-state index in [0.717, 1.165) is 107 Å². The van der Waals surface area contributed by atoms with Crippen molar-refractivity contribution >= 4 is 53.3 Å². The van der Waals surface area contributed by atoms with Gasteiger partial charge in [-0.2, -0.15) is 4.98 Å². The summed E-state index contributed by atoms with van der Waals surface area (Å²) in [6.07, 6.45) is 25.4. The van der Waals surface area contributed by atoms with Gasteiger partial charge in [-0.05, 0) is 126 Å². The van der Waals surface area contributed by atoms with E-state index in [1.165, 1.54) is 67.9 Å². The number of nitrogens with zero attached hydrogens (tertiary/aromatic N) is 7. The molecule has 1 aliphatic heterocycles. The SMILES string of the molecule is CCCC(C)N(C)c1ccc(CCCCCOCCCCN2CCC(c3cn(C4CCCCC4)c4nc(Nc5ccnc(OC)c5)ncc34)CC2)cc1N(C)C=O.O=CNC=O. The van der Waals surface area contributed by atoms with Crippen LogP contribution in [-0.4, -0.2) is 104 Å². The molecular weight excluding hydrogens is 783 g/mol. The highest BCUT2D eigenvalue weighted by Crippen LogP contribution is 2.39. The Bertz CT molecular complexity index is 1950. The third-order valence-electron chi connectivity index (χ3n) is 12.5. The van der Waals surface area contributed by atoms with Crippen molar-refractivity contribution in [2.75, 3.05) is 69.2 Å². The highest BCUT2D eigenvalue weighted by Gasteiger charge is 2.27. The number of likely N-dealkylation sites (tertiary alicyclic amines) is 1. The molecule has 0 radical (unpaired) electrons. The lowest BCUT2D eigenvalue weighted by atomic mass is 9.89. The van der Waals surface area contributed by atoms with E-state index in [1.54, 1.807) is 23.5 Å². The number of piperidine rings is 1. The number of carbonyl (C=O) groups is 3. The van der Waals surface area contributed by atoms with Crippen LogP contribution in [0.1, 0.15) is 127 Å². The van der Waals surface area contributed by atoms with E-state index in [0.29, 0.717) is 42.7 Å². The number of fused-ring (bicyclic) bond motifs is 1. The molecule has 1 atom stereocenters. The minimum atomic E-state index is 0.312. The molecule has 3 amide bonds. The number of ether oxygens (including phenoxy) is 2. The van der Waals surface area contributed by atoms with Crippen molar-refractivity contribution in [3.05, 3.63) is 60.0 Å². The molecule has 62 heavy (non-hydrogen) atoms. The van der Waals surface area contributed by atoms with Crippen LogP contribution in [0.2, 0.25) is 0 Å². The topological polar surface area (TPSA) is 147 Å². The maximum absolute atomic E-state index is 11.7. The number of aromatic nitrogens is 4. The molecule has 1 aliphatic carbocycles. The third kappa shape index (κ3) is 14.0. The summed E-state index contributed by atoms with van der Waals surface area (Å²) < 4.78 is 13.8. The van der Waals surface area contributed by atoms with Gasteiger partial charge in [0, 0.05) is 75.1 Å². The Balaban J connectivity index is 0.00000137. The fraction of sp³-hybridized carbons (Fsp3) is 0.583. The number of hydrogen-bond donors (Lipinski definition) is 2. The summed E-state index contributed by atoms with van der Waals surface area (Å²) in [7, 11) is 5.61. The van der Waals surface area contributed by atoms with Gasteiger partial charge in [-0.1, -0.05) is 45.1 Å². The van der Waals surface area contributed by atoms with Gasteiger partial charge in [0.05, 0.1) is 18.5 Å². The van der Waals surface area contributed by atoms with E-state index >= 15 is 0 Å². The van der Waals surface area contributed by atoms with Gasteiger partial charge in [-0.15, -0.1) is 0 Å². The zero-order chi connectivity index (χ0) is 44.1. The normalized spacial score (nSPS) is 15.3. The summed E-state index contributed by atoms with van der Waals surface area (Å²) in [4.78, 5) is 50.6. The van der Waals surface area contributed by atoms with Crippen LogP contribution >= 0.6 is 0 Å². The second kappa shape index (κ2) is 25.8. The van der Waals surface area contributed by atoms with E-state index in [9.17, 15) is 4.79 Å². The molecule has 2 N–H and O–H groups in total. The van der Waals surface area contributed by atoms with E-state index in [1.807, 2.05) is 25.4 Å². The number of nitrogens with one attached hydrogen (secondary N) is 2. The number of carbonyl (C=O) groups excluding carboxylic acids is 3. The molecule has 4 aromatic rings. The van der Waals surface area contributed by atoms with Gasteiger partial charge in [0.2, 0.25) is 31.1 Å². The average Bonchev–Trinajstić information content (AvgIpc) is 3.69. The van der Waals surface area contributed by atoms with Crippen LogP contribution in [-0.2, 0) is 25.5 Å². The Morgan fingerprint density at radius 2 is 1.66 bits per heavy atom. The van der Waals surface area contributed by atoms with Crippen LogP contribution in [0, 0.1) is 0 Å². The predicted molar refractivity (Wildman–Crippen MR) is 249 cm³/mol. The summed E-state index contributed by atoms with van der Waals surface area (Å²) in [5.41, 5.74) is 6.73. The number of amides is 3. The van der Waals surface area contributed by atoms with Gasteiger partial charge in [0.1, 0.15) is 5.65 Å². The number of rotatable bonds is 24. The molecule has 6 rings (SSSR count). The molecule has 4 heterocycles. The molecule has 338 valence electrons. The molecule has 0 bridgehead atoms. The van der Waals surface area contributed by atoms with Gasteiger partial charge < -0.3 is 39.4 Å². The number of methoxy groups -OCH3 is 1. The van der Waals surface area contributed by atoms with Crippen LogP contribution in [0.15, 0.2) is 48.9 Å². The Labute approximate surface area is 369 Å². The summed E-state index contributed by atoms with van der Waals surface area (Å²) >= 11 is 0. The van der Waals surface area contributed by atoms with Gasteiger partial charge in [-0.25, -0.2) is 9.97 Å². The Kier molecular flexibility index (Phi) is 19.9. The summed E-state index contributed by atoms with van der Waals surface area (Å²) in [5.74, 6) is 1.70. The van der Waals surface area contributed by atoms with Gasteiger partial charge in [-0.3, -0.25) is 14.4 Å². The number of aryl methyl sites for hydroxylation is 1. The minimum absolute atomic E-state index is 0.312. The molecule has 1 aromatic carbocycles. The average molecular weight is 854 g/mol. The predicted octanol–water partition coefficient (Wildman–Crippen LogP) is 8.58. The van der Waals surface area contributed by atoms with Gasteiger partial charge in [0.15, 0.2) is 0 Å². The maximum atomic E-state index is 11.7. The second-order valence-corrected chi connectivity index (χ2v) is 16.9. The second-order valence-electron chi connectivity index (χ2n) is 16.9. The van der Waals surface area contributed by atoms with Crippen LogP contribution < -0.4 is 25.2 Å². The highest BCUT2D eigenvalue weighted by molar-refractivity contribution is 5.84. The number of hydrogen-bond acceptors (Lipinski definition) is 11. The lowest BCUT2D eigenvalue weighted by molar-refractivity contribution is -0.117. The zero-order valence-electron chi connectivity index (χ0n) is 37.9. The fourth-order valence-corrected chi connectivity index (χ4v) is 8.86. The number of unbranched alkanes of at least 4 members (excludes halogenated alkanes) is 3. The van der Waals surface area contributed by atoms with Crippen molar-refractivity contribution in [2.45, 2.75) is 128 Å². The summed E-state index contributed by atoms with van der Waals surface area (Å²) in [6, 6.07) is 11.3. The van der Waals surface area contributed by atoms with Crippen molar-refractivity contribution < 1.29 is 23.9 Å². The fourth-order valence-electron chi connectivity index (χ4n) is 8.86. The molecule has 0 spiro atoms. The van der Waals surface area contributed by atoms with Crippen molar-refractivity contribution in [2.24, 2.45) is 0 Å². The molecule has 1 saturated heterocycles. The van der Waals surface area contributed by atoms with E-state index < -0.39 is 0 Å². The number of benzene rings is 1. The standard InChI is InChI=1S/C46H68N8O3.C2H3NO2/c1-6-15-35(2)52(4)42-20-19-36(30-43(42)51(3)34-55)16-9-8-13-28-57-29-14-12-25-53-26-22-37(23-27-53)41-33-54(39-17-10-7-11-18-39)45-40(41)32-48-46(50-45)49-38-21-24-47-44(31-38)56-5;4-1-3-2-5/h19-21,24,30-35,37,39H,6-18,22-23,25-29H2,1-5H3,(H,47,48,49,50);1-2H,(H,3,4,5). The number of imide groups is 1. The quantitative estimate of drug-likeness (QED) is 0.0516. The molecular formula is C48H71N9O5. The van der Waals surface area contributed by atoms with Gasteiger partial charge >= 0.3 is 0 Å². The number of anilines is 4. The largest absolute Gasteiger partial charge is 0.481 e. The van der Waals surface area contributed by atoms with Crippen LogP contribution in [0.3, 0.4) is 0 Å². The molecule has 3 aromatic heterocycles. The highest BCUT2D eigenvalue weighted by atomic mass is 16.5. The van der Waals surface area contributed by atoms with Crippen LogP contribution in [0.25, 0.3) is 11.0 Å². The smallest absolute Gasteiger partial charge is 0.229 e. The monoisotopic (exact) mass is 854 g/mol. The molecule has 1 unspecified atom stereocenters. The first-order valence-corrected chi connectivity index (χ1v) is 22.9.